The van der Waals surface area contributed by atoms with Crippen LogP contribution in [0.1, 0.15) is 47.3 Å². The molecular formula is C22H23ClN2O4. The Balaban J connectivity index is 1.46. The number of nitrogens with zero attached hydrogens (tertiary/aromatic N) is 1. The average Bonchev–Trinajstić information content (AvgIpc) is 3.11. The molecule has 3 rings (SSSR count). The summed E-state index contributed by atoms with van der Waals surface area (Å²) in [7, 11) is 0. The number of nitrogens with one attached hydrogen (secondary N) is 1. The van der Waals surface area contributed by atoms with Crippen LogP contribution in [0.3, 0.4) is 0 Å². The molecule has 1 fully saturated rings. The lowest BCUT2D eigenvalue weighted by molar-refractivity contribution is -0.128. The molecule has 1 aliphatic heterocycles. The summed E-state index contributed by atoms with van der Waals surface area (Å²) in [6.07, 6.45) is 1.49. The number of likely N-dealkylation sites (tertiary alicyclic amines) is 1. The molecule has 0 aliphatic carbocycles. The Morgan fingerprint density at radius 1 is 1.14 bits per heavy atom. The first kappa shape index (κ1) is 20.9. The Kier molecular flexibility index (Phi) is 6.88. The minimum absolute atomic E-state index is 0.160. The van der Waals surface area contributed by atoms with Gasteiger partial charge in [-0.05, 0) is 48.7 Å². The molecule has 2 amide bonds. The first-order chi connectivity index (χ1) is 13.9. The van der Waals surface area contributed by atoms with Crippen molar-refractivity contribution >= 4 is 29.4 Å². The Morgan fingerprint density at radius 2 is 1.83 bits per heavy atom. The molecule has 29 heavy (non-hydrogen) atoms. The van der Waals surface area contributed by atoms with E-state index in [9.17, 15) is 14.4 Å². The molecule has 0 saturated carbocycles. The van der Waals surface area contributed by atoms with E-state index in [1.54, 1.807) is 41.3 Å². The molecule has 0 radical (unpaired) electrons. The molecule has 1 heterocycles. The van der Waals surface area contributed by atoms with Gasteiger partial charge in [0.25, 0.3) is 5.91 Å². The highest BCUT2D eigenvalue weighted by molar-refractivity contribution is 6.30. The Hall–Kier alpha value is -2.86. The van der Waals surface area contributed by atoms with E-state index < -0.39 is 5.97 Å². The van der Waals surface area contributed by atoms with E-state index in [2.05, 4.69) is 5.32 Å². The molecule has 1 saturated heterocycles. The van der Waals surface area contributed by atoms with E-state index in [1.807, 2.05) is 19.1 Å². The third-order valence-corrected chi connectivity index (χ3v) is 5.07. The summed E-state index contributed by atoms with van der Waals surface area (Å²) in [4.78, 5) is 37.7. The Labute approximate surface area is 174 Å². The maximum atomic E-state index is 12.2. The lowest BCUT2D eigenvalue weighted by atomic mass is 10.1. The Bertz CT molecular complexity index is 881. The van der Waals surface area contributed by atoms with Crippen LogP contribution in [0.5, 0.6) is 0 Å². The highest BCUT2D eigenvalue weighted by atomic mass is 35.5. The highest BCUT2D eigenvalue weighted by Gasteiger charge is 2.20. The van der Waals surface area contributed by atoms with Crippen LogP contribution in [0, 0.1) is 0 Å². The topological polar surface area (TPSA) is 75.7 Å². The van der Waals surface area contributed by atoms with Crippen molar-refractivity contribution in [3.05, 3.63) is 70.2 Å². The van der Waals surface area contributed by atoms with Gasteiger partial charge in [-0.25, -0.2) is 4.79 Å². The third-order valence-electron chi connectivity index (χ3n) is 4.82. The molecule has 7 heteroatoms. The number of carbonyl (C=O) groups is 3. The molecule has 0 spiro atoms. The zero-order valence-electron chi connectivity index (χ0n) is 16.2. The van der Waals surface area contributed by atoms with Gasteiger partial charge in [0.15, 0.2) is 6.61 Å². The number of ether oxygens (including phenoxy) is 1. The first-order valence-electron chi connectivity index (χ1n) is 9.51. The first-order valence-corrected chi connectivity index (χ1v) is 9.89. The quantitative estimate of drug-likeness (QED) is 0.703. The molecule has 0 unspecified atom stereocenters. The molecule has 0 bridgehead atoms. The molecule has 1 N–H and O–H groups in total. The molecule has 1 atom stereocenters. The predicted octanol–water partition coefficient (Wildman–Crippen LogP) is 3.50. The van der Waals surface area contributed by atoms with Crippen molar-refractivity contribution in [2.45, 2.75) is 32.4 Å². The molecule has 1 aliphatic rings. The second-order valence-corrected chi connectivity index (χ2v) is 7.47. The zero-order valence-corrected chi connectivity index (χ0v) is 16.9. The van der Waals surface area contributed by atoms with Crippen molar-refractivity contribution in [1.82, 2.24) is 10.2 Å². The summed E-state index contributed by atoms with van der Waals surface area (Å²) >= 11 is 5.86. The van der Waals surface area contributed by atoms with Gasteiger partial charge < -0.3 is 15.0 Å². The minimum atomic E-state index is -0.567. The number of rotatable bonds is 7. The SMILES string of the molecule is C[C@H](NC(=O)COC(=O)c1ccc(CN2CCCC2=O)cc1)c1ccc(Cl)cc1. The van der Waals surface area contributed by atoms with Crippen molar-refractivity contribution in [2.75, 3.05) is 13.2 Å². The second kappa shape index (κ2) is 9.56. The van der Waals surface area contributed by atoms with Crippen LogP contribution in [0.2, 0.25) is 5.02 Å². The average molecular weight is 415 g/mol. The molecule has 2 aromatic rings. The van der Waals surface area contributed by atoms with Crippen LogP contribution >= 0.6 is 11.6 Å². The molecule has 152 valence electrons. The number of esters is 1. The number of benzene rings is 2. The van der Waals surface area contributed by atoms with Crippen LogP contribution in [0.15, 0.2) is 48.5 Å². The number of amides is 2. The summed E-state index contributed by atoms with van der Waals surface area (Å²) < 4.78 is 5.10. The fraction of sp³-hybridized carbons (Fsp3) is 0.318. The largest absolute Gasteiger partial charge is 0.452 e. The van der Waals surface area contributed by atoms with Crippen LogP contribution in [-0.4, -0.2) is 35.8 Å². The third kappa shape index (κ3) is 5.81. The maximum absolute atomic E-state index is 12.2. The predicted molar refractivity (Wildman–Crippen MR) is 109 cm³/mol. The number of hydrogen-bond acceptors (Lipinski definition) is 4. The number of halogens is 1. The van der Waals surface area contributed by atoms with Gasteiger partial charge in [-0.1, -0.05) is 35.9 Å². The van der Waals surface area contributed by atoms with Gasteiger partial charge in [0.1, 0.15) is 0 Å². The van der Waals surface area contributed by atoms with Crippen LogP contribution < -0.4 is 5.32 Å². The van der Waals surface area contributed by atoms with Crippen LogP contribution in [0.4, 0.5) is 0 Å². The lowest BCUT2D eigenvalue weighted by Gasteiger charge is -2.16. The van der Waals surface area contributed by atoms with Crippen molar-refractivity contribution < 1.29 is 19.1 Å². The van der Waals surface area contributed by atoms with E-state index in [4.69, 9.17) is 16.3 Å². The maximum Gasteiger partial charge on any atom is 0.338 e. The van der Waals surface area contributed by atoms with Crippen LogP contribution in [-0.2, 0) is 20.9 Å². The molecule has 6 nitrogen and oxygen atoms in total. The Morgan fingerprint density at radius 3 is 2.45 bits per heavy atom. The second-order valence-electron chi connectivity index (χ2n) is 7.03. The monoisotopic (exact) mass is 414 g/mol. The highest BCUT2D eigenvalue weighted by Crippen LogP contribution is 2.17. The number of hydrogen-bond donors (Lipinski definition) is 1. The van der Waals surface area contributed by atoms with Gasteiger partial charge in [0, 0.05) is 24.5 Å². The van der Waals surface area contributed by atoms with Gasteiger partial charge in [0.2, 0.25) is 5.91 Å². The minimum Gasteiger partial charge on any atom is -0.452 e. The van der Waals surface area contributed by atoms with E-state index in [0.29, 0.717) is 23.6 Å². The van der Waals surface area contributed by atoms with Gasteiger partial charge >= 0.3 is 5.97 Å². The van der Waals surface area contributed by atoms with Crippen molar-refractivity contribution in [1.29, 1.82) is 0 Å². The lowest BCUT2D eigenvalue weighted by Crippen LogP contribution is -2.31. The van der Waals surface area contributed by atoms with Crippen molar-refractivity contribution in [2.24, 2.45) is 0 Å². The van der Waals surface area contributed by atoms with Gasteiger partial charge in [-0.2, -0.15) is 0 Å². The van der Waals surface area contributed by atoms with Crippen LogP contribution in [0.25, 0.3) is 0 Å². The summed E-state index contributed by atoms with van der Waals surface area (Å²) in [5, 5.41) is 3.40. The van der Waals surface area contributed by atoms with Crippen molar-refractivity contribution in [3.63, 3.8) is 0 Å². The van der Waals surface area contributed by atoms with Crippen molar-refractivity contribution in [3.8, 4) is 0 Å². The van der Waals surface area contributed by atoms with Gasteiger partial charge in [0.05, 0.1) is 11.6 Å². The summed E-state index contributed by atoms with van der Waals surface area (Å²) in [5.41, 5.74) is 2.22. The standard InChI is InChI=1S/C22H23ClN2O4/c1-15(17-8-10-19(23)11-9-17)24-20(26)14-29-22(28)18-6-4-16(5-7-18)13-25-12-2-3-21(25)27/h4-11,15H,2-3,12-14H2,1H3,(H,24,26)/t15-/m0/s1. The molecule has 0 aromatic heterocycles. The molecular weight excluding hydrogens is 392 g/mol. The van der Waals surface area contributed by atoms with Gasteiger partial charge in [-0.15, -0.1) is 0 Å². The van der Waals surface area contributed by atoms with E-state index in [-0.39, 0.29) is 24.5 Å². The zero-order chi connectivity index (χ0) is 20.8. The fourth-order valence-electron chi connectivity index (χ4n) is 3.17. The number of carbonyl (C=O) groups excluding carboxylic acids is 3. The summed E-state index contributed by atoms with van der Waals surface area (Å²) in [6, 6.07) is 13.8. The van der Waals surface area contributed by atoms with E-state index in [1.165, 1.54) is 0 Å². The normalized spacial score (nSPS) is 14.6. The molecule has 2 aromatic carbocycles. The van der Waals surface area contributed by atoms with Gasteiger partial charge in [-0.3, -0.25) is 9.59 Å². The van der Waals surface area contributed by atoms with E-state index in [0.717, 1.165) is 24.1 Å². The smallest absolute Gasteiger partial charge is 0.338 e. The fourth-order valence-corrected chi connectivity index (χ4v) is 3.30. The summed E-state index contributed by atoms with van der Waals surface area (Å²) in [5.74, 6) is -0.791. The van der Waals surface area contributed by atoms with E-state index >= 15 is 0 Å². The summed E-state index contributed by atoms with van der Waals surface area (Å²) in [6.45, 7) is 2.79.